The summed E-state index contributed by atoms with van der Waals surface area (Å²) in [5.74, 6) is 1.24. The third-order valence-corrected chi connectivity index (χ3v) is 6.25. The van der Waals surface area contributed by atoms with Crippen LogP contribution in [-0.4, -0.2) is 68.0 Å². The van der Waals surface area contributed by atoms with Crippen LogP contribution in [0.15, 0.2) is 41.3 Å². The number of hydrogen-bond acceptors (Lipinski definition) is 9. The highest BCUT2D eigenvalue weighted by molar-refractivity contribution is 6.11. The van der Waals surface area contributed by atoms with Gasteiger partial charge in [-0.2, -0.15) is 5.26 Å². The lowest BCUT2D eigenvalue weighted by atomic mass is 10.0. The second kappa shape index (κ2) is 9.41. The summed E-state index contributed by atoms with van der Waals surface area (Å²) in [6, 6.07) is 8.41. The maximum Gasteiger partial charge on any atom is 0.408 e. The van der Waals surface area contributed by atoms with Gasteiger partial charge in [0.15, 0.2) is 5.82 Å². The Hall–Kier alpha value is -4.53. The Kier molecular flexibility index (Phi) is 6.22. The molecule has 2 aliphatic heterocycles. The minimum atomic E-state index is -0.618. The average molecular weight is 518 g/mol. The van der Waals surface area contributed by atoms with Crippen molar-refractivity contribution in [2.75, 3.05) is 24.7 Å². The predicted molar refractivity (Wildman–Crippen MR) is 140 cm³/mol. The molecule has 0 bridgehead atoms. The number of halogens is 1. The zero-order valence-corrected chi connectivity index (χ0v) is 21.6. The molecule has 12 heteroatoms. The molecule has 196 valence electrons. The number of hydrogen-bond donors (Lipinski definition) is 2. The molecule has 0 radical (unpaired) electrons. The molecule has 0 unspecified atom stereocenters. The van der Waals surface area contributed by atoms with E-state index in [0.29, 0.717) is 42.2 Å². The molecule has 38 heavy (non-hydrogen) atoms. The Balaban J connectivity index is 1.56. The SMILES string of the molecule is CC(C)(C)OC(=O)N[C@@]1(C)CCN(C2=C(c3nc4c(F)cccc4[nH]3)C=NCN2c2ccnc(C#N)n2)C1. The van der Waals surface area contributed by atoms with E-state index in [4.69, 9.17) is 4.74 Å². The summed E-state index contributed by atoms with van der Waals surface area (Å²) in [6.07, 6.45) is 3.38. The number of aliphatic imine (C=N–C) groups is 1. The minimum Gasteiger partial charge on any atom is -0.444 e. The van der Waals surface area contributed by atoms with Crippen molar-refractivity contribution >= 4 is 34.7 Å². The Labute approximate surface area is 219 Å². The van der Waals surface area contributed by atoms with Crippen molar-refractivity contribution in [3.63, 3.8) is 0 Å². The second-order valence-corrected chi connectivity index (χ2v) is 10.5. The summed E-state index contributed by atoms with van der Waals surface area (Å²) < 4.78 is 20.0. The van der Waals surface area contributed by atoms with Gasteiger partial charge in [-0.1, -0.05) is 6.07 Å². The highest BCUT2D eigenvalue weighted by Crippen LogP contribution is 2.34. The Morgan fingerprint density at radius 1 is 1.29 bits per heavy atom. The molecule has 1 fully saturated rings. The smallest absolute Gasteiger partial charge is 0.408 e. The number of para-hydroxylation sites is 1. The highest BCUT2D eigenvalue weighted by Gasteiger charge is 2.40. The number of anilines is 1. The Morgan fingerprint density at radius 3 is 2.84 bits per heavy atom. The van der Waals surface area contributed by atoms with E-state index in [1.54, 1.807) is 24.4 Å². The van der Waals surface area contributed by atoms with E-state index in [9.17, 15) is 14.4 Å². The van der Waals surface area contributed by atoms with Crippen LogP contribution in [0.25, 0.3) is 16.6 Å². The van der Waals surface area contributed by atoms with Gasteiger partial charge in [-0.25, -0.2) is 24.1 Å². The topological polar surface area (TPSA) is 135 Å². The fourth-order valence-electron chi connectivity index (χ4n) is 4.64. The molecular formula is C26H28FN9O2. The van der Waals surface area contributed by atoms with E-state index in [1.165, 1.54) is 12.3 Å². The summed E-state index contributed by atoms with van der Waals surface area (Å²) in [5, 5.41) is 12.4. The van der Waals surface area contributed by atoms with Crippen molar-refractivity contribution in [1.82, 2.24) is 30.2 Å². The molecule has 0 saturated carbocycles. The van der Waals surface area contributed by atoms with Crippen molar-refractivity contribution in [3.8, 4) is 6.07 Å². The number of fused-ring (bicyclic) bond motifs is 1. The normalized spacial score (nSPS) is 19.7. The van der Waals surface area contributed by atoms with Gasteiger partial charge in [0.25, 0.3) is 0 Å². The summed E-state index contributed by atoms with van der Waals surface area (Å²) in [6.45, 7) is 8.72. The number of amides is 1. The zero-order chi connectivity index (χ0) is 27.1. The van der Waals surface area contributed by atoms with Crippen molar-refractivity contribution in [3.05, 3.63) is 53.7 Å². The van der Waals surface area contributed by atoms with Gasteiger partial charge >= 0.3 is 6.09 Å². The molecule has 1 saturated heterocycles. The van der Waals surface area contributed by atoms with Gasteiger partial charge < -0.3 is 19.9 Å². The lowest BCUT2D eigenvalue weighted by Crippen LogP contribution is -2.50. The van der Waals surface area contributed by atoms with Crippen LogP contribution in [0, 0.1) is 17.1 Å². The number of aromatic amines is 1. The lowest BCUT2D eigenvalue weighted by molar-refractivity contribution is 0.0468. The summed E-state index contributed by atoms with van der Waals surface area (Å²) >= 11 is 0. The van der Waals surface area contributed by atoms with Crippen LogP contribution in [0.4, 0.5) is 15.0 Å². The molecule has 0 aliphatic carbocycles. The number of carbonyl (C=O) groups is 1. The first kappa shape index (κ1) is 25.1. The molecule has 1 amide bonds. The maximum absolute atomic E-state index is 14.5. The number of imidazole rings is 1. The third-order valence-electron chi connectivity index (χ3n) is 6.25. The molecule has 1 aromatic carbocycles. The number of aromatic nitrogens is 4. The molecule has 2 N–H and O–H groups in total. The molecule has 1 atom stereocenters. The molecule has 4 heterocycles. The van der Waals surface area contributed by atoms with Crippen LogP contribution in [0.3, 0.4) is 0 Å². The number of alkyl carbamates (subject to hydrolysis) is 1. The number of carbonyl (C=O) groups excluding carboxylic acids is 1. The molecule has 2 aliphatic rings. The van der Waals surface area contributed by atoms with Crippen molar-refractivity contribution in [1.29, 1.82) is 5.26 Å². The van der Waals surface area contributed by atoms with Gasteiger partial charge in [-0.3, -0.25) is 9.89 Å². The van der Waals surface area contributed by atoms with Gasteiger partial charge in [-0.05, 0) is 52.3 Å². The summed E-state index contributed by atoms with van der Waals surface area (Å²) in [4.78, 5) is 37.2. The largest absolute Gasteiger partial charge is 0.444 e. The highest BCUT2D eigenvalue weighted by atomic mass is 19.1. The van der Waals surface area contributed by atoms with E-state index < -0.39 is 23.1 Å². The van der Waals surface area contributed by atoms with Crippen LogP contribution in [-0.2, 0) is 4.74 Å². The van der Waals surface area contributed by atoms with Crippen molar-refractivity contribution in [2.45, 2.75) is 45.3 Å². The monoisotopic (exact) mass is 517 g/mol. The van der Waals surface area contributed by atoms with Crippen LogP contribution < -0.4 is 10.2 Å². The lowest BCUT2D eigenvalue weighted by Gasteiger charge is -2.36. The first-order valence-corrected chi connectivity index (χ1v) is 12.2. The van der Waals surface area contributed by atoms with Gasteiger partial charge in [0.2, 0.25) is 5.82 Å². The molecule has 11 nitrogen and oxygen atoms in total. The van der Waals surface area contributed by atoms with Crippen LogP contribution >= 0.6 is 0 Å². The number of rotatable bonds is 4. The van der Waals surface area contributed by atoms with Gasteiger partial charge in [0.1, 0.15) is 41.3 Å². The summed E-state index contributed by atoms with van der Waals surface area (Å²) in [7, 11) is 0. The fourth-order valence-corrected chi connectivity index (χ4v) is 4.64. The average Bonchev–Trinajstić information content (AvgIpc) is 3.47. The zero-order valence-electron chi connectivity index (χ0n) is 21.6. The number of H-pyrrole nitrogens is 1. The standard InChI is InChI=1S/C26H28FN9O2/c1-25(2,3)38-24(37)34-26(4)9-11-35(14-26)23-16(22-31-18-7-5-6-17(27)21(18)33-22)13-29-15-36(23)20-8-10-30-19(12-28)32-20/h5-8,10,13H,9,11,14-15H2,1-4H3,(H,31,33)(H,34,37)/t26-/m0/s1. The molecule has 3 aromatic rings. The van der Waals surface area contributed by atoms with E-state index in [0.717, 1.165) is 5.82 Å². The molecule has 0 spiro atoms. The van der Waals surface area contributed by atoms with Gasteiger partial charge in [0.05, 0.1) is 16.6 Å². The van der Waals surface area contributed by atoms with Crippen molar-refractivity contribution in [2.24, 2.45) is 4.99 Å². The van der Waals surface area contributed by atoms with Crippen molar-refractivity contribution < 1.29 is 13.9 Å². The Morgan fingerprint density at radius 2 is 2.11 bits per heavy atom. The third kappa shape index (κ3) is 5.00. The van der Waals surface area contributed by atoms with Crippen LogP contribution in [0.1, 0.15) is 45.8 Å². The number of benzene rings is 1. The first-order valence-electron chi connectivity index (χ1n) is 12.2. The number of allylic oxidation sites excluding steroid dienone is 1. The van der Waals surface area contributed by atoms with E-state index in [1.807, 2.05) is 38.7 Å². The van der Waals surface area contributed by atoms with Gasteiger partial charge in [0, 0.05) is 25.5 Å². The van der Waals surface area contributed by atoms with Crippen LogP contribution in [0.5, 0.6) is 0 Å². The molecular weight excluding hydrogens is 489 g/mol. The number of nitriles is 1. The second-order valence-electron chi connectivity index (χ2n) is 10.5. The van der Waals surface area contributed by atoms with E-state index >= 15 is 0 Å². The molecule has 2 aromatic heterocycles. The summed E-state index contributed by atoms with van der Waals surface area (Å²) in [5.41, 5.74) is 0.220. The Bertz CT molecular complexity index is 1500. The van der Waals surface area contributed by atoms with E-state index in [2.05, 4.69) is 35.1 Å². The first-order chi connectivity index (χ1) is 18.0. The number of likely N-dealkylation sites (tertiary alicyclic amines) is 1. The quantitative estimate of drug-likeness (QED) is 0.536. The van der Waals surface area contributed by atoms with Crippen LogP contribution in [0.2, 0.25) is 0 Å². The fraction of sp³-hybridized carbons (Fsp3) is 0.385. The molecule has 5 rings (SSSR count). The predicted octanol–water partition coefficient (Wildman–Crippen LogP) is 3.57. The van der Waals surface area contributed by atoms with E-state index in [-0.39, 0.29) is 18.0 Å². The minimum absolute atomic E-state index is 0.0293. The number of nitrogens with zero attached hydrogens (tertiary/aromatic N) is 7. The maximum atomic E-state index is 14.5. The van der Waals surface area contributed by atoms with Gasteiger partial charge in [-0.15, -0.1) is 0 Å². The number of ether oxygens (including phenoxy) is 1. The number of nitrogens with one attached hydrogen (secondary N) is 2.